The van der Waals surface area contributed by atoms with E-state index in [0.717, 1.165) is 0 Å². The molecule has 13 nitrogen and oxygen atoms in total. The van der Waals surface area contributed by atoms with E-state index in [1.54, 1.807) is 19.1 Å². The quantitative estimate of drug-likeness (QED) is 0.0776. The Kier molecular flexibility index (Phi) is 12.6. The van der Waals surface area contributed by atoms with Crippen LogP contribution >= 0.6 is 0 Å². The largest absolute Gasteiger partial charge is 0.508 e. The van der Waals surface area contributed by atoms with E-state index in [9.17, 15) is 34.2 Å². The van der Waals surface area contributed by atoms with Crippen LogP contribution in [-0.2, 0) is 19.1 Å². The van der Waals surface area contributed by atoms with E-state index in [4.69, 9.17) is 13.9 Å². The fourth-order valence-corrected chi connectivity index (χ4v) is 5.36. The Bertz CT molecular complexity index is 1930. The molecule has 0 saturated carbocycles. The molecule has 2 aromatic carbocycles. The Hall–Kier alpha value is -5.27. The number of nitrogens with one attached hydrogen (secondary N) is 3. The summed E-state index contributed by atoms with van der Waals surface area (Å²) < 4.78 is 17.0. The molecule has 1 heterocycles. The Morgan fingerprint density at radius 3 is 2.22 bits per heavy atom. The van der Waals surface area contributed by atoms with Gasteiger partial charge < -0.3 is 40.1 Å². The zero-order chi connectivity index (χ0) is 37.3. The highest BCUT2D eigenvalue weighted by atomic mass is 16.5. The summed E-state index contributed by atoms with van der Waals surface area (Å²) in [5.74, 6) is -2.07. The van der Waals surface area contributed by atoms with Crippen molar-refractivity contribution in [2.75, 3.05) is 46.1 Å². The summed E-state index contributed by atoms with van der Waals surface area (Å²) in [6, 6.07) is 12.9. The number of amides is 3. The lowest BCUT2D eigenvalue weighted by Gasteiger charge is -2.28. The molecule has 2 aliphatic rings. The molecule has 1 aliphatic carbocycles. The number of hydrogen-bond donors (Lipinski definition) is 5. The molecule has 2 aromatic rings. The van der Waals surface area contributed by atoms with Crippen LogP contribution in [0.3, 0.4) is 0 Å². The van der Waals surface area contributed by atoms with Crippen molar-refractivity contribution in [1.29, 1.82) is 0 Å². The lowest BCUT2D eigenvalue weighted by molar-refractivity contribution is -0.131. The van der Waals surface area contributed by atoms with Gasteiger partial charge in [0.2, 0.25) is 11.8 Å². The maximum absolute atomic E-state index is 13.4. The minimum Gasteiger partial charge on any atom is -0.508 e. The summed E-state index contributed by atoms with van der Waals surface area (Å²) in [5, 5.41) is 29.0. The third kappa shape index (κ3) is 10.6. The van der Waals surface area contributed by atoms with E-state index in [0.29, 0.717) is 49.2 Å². The second-order valence-electron chi connectivity index (χ2n) is 13.9. The molecule has 0 bridgehead atoms. The fraction of sp³-hybridized carbons (Fsp3) is 0.395. The number of benzene rings is 3. The molecule has 5 N–H and O–H groups in total. The molecule has 0 unspecified atom stereocenters. The highest BCUT2D eigenvalue weighted by molar-refractivity contribution is 6.09. The van der Waals surface area contributed by atoms with Crippen LogP contribution in [0.5, 0.6) is 5.75 Å². The first kappa shape index (κ1) is 38.5. The molecule has 272 valence electrons. The summed E-state index contributed by atoms with van der Waals surface area (Å²) in [7, 11) is 0. The SMILES string of the molecule is CCNC(=O)COCC(=O)NCC(C)(C)CCOCC(C)(C)CNC(=O)c1ccc(C(=O)O)c(-c2c3ccc(=O)cc-3oc3cc(O)ccc23)c1. The average molecular weight is 704 g/mol. The maximum atomic E-state index is 13.4. The topological polar surface area (TPSA) is 193 Å². The smallest absolute Gasteiger partial charge is 0.336 e. The van der Waals surface area contributed by atoms with Crippen LogP contribution in [0.4, 0.5) is 0 Å². The number of carbonyl (C=O) groups excluding carboxylic acids is 3. The first-order valence-corrected chi connectivity index (χ1v) is 16.6. The summed E-state index contributed by atoms with van der Waals surface area (Å²) in [5.41, 5.74) is 0.548. The third-order valence-electron chi connectivity index (χ3n) is 8.21. The van der Waals surface area contributed by atoms with Gasteiger partial charge in [0.25, 0.3) is 5.91 Å². The second kappa shape index (κ2) is 16.6. The zero-order valence-electron chi connectivity index (χ0n) is 29.5. The molecular weight excluding hydrogens is 658 g/mol. The van der Waals surface area contributed by atoms with Gasteiger partial charge in [0.15, 0.2) is 5.43 Å². The van der Waals surface area contributed by atoms with Gasteiger partial charge in [-0.2, -0.15) is 0 Å². The van der Waals surface area contributed by atoms with E-state index in [1.807, 2.05) is 27.7 Å². The van der Waals surface area contributed by atoms with Crippen LogP contribution in [0.25, 0.3) is 33.4 Å². The van der Waals surface area contributed by atoms with Crippen molar-refractivity contribution in [3.63, 3.8) is 0 Å². The Balaban J connectivity index is 1.38. The van der Waals surface area contributed by atoms with E-state index in [-0.39, 0.29) is 76.2 Å². The number of carboxylic acids is 1. The molecule has 0 radical (unpaired) electrons. The maximum Gasteiger partial charge on any atom is 0.336 e. The normalized spacial score (nSPS) is 11.8. The number of ether oxygens (including phenoxy) is 2. The van der Waals surface area contributed by atoms with E-state index in [2.05, 4.69) is 16.0 Å². The monoisotopic (exact) mass is 703 g/mol. The van der Waals surface area contributed by atoms with Crippen LogP contribution in [-0.4, -0.2) is 80.0 Å². The van der Waals surface area contributed by atoms with Crippen molar-refractivity contribution in [2.24, 2.45) is 10.8 Å². The number of aromatic carboxylic acids is 1. The lowest BCUT2D eigenvalue weighted by Crippen LogP contribution is -2.38. The number of carboxylic acid groups (broad SMARTS) is 1. The highest BCUT2D eigenvalue weighted by Gasteiger charge is 2.25. The van der Waals surface area contributed by atoms with E-state index >= 15 is 0 Å². The Morgan fingerprint density at radius 2 is 1.51 bits per heavy atom. The molecule has 13 heteroatoms. The summed E-state index contributed by atoms with van der Waals surface area (Å²) in [6.07, 6.45) is 0.653. The fourth-order valence-electron chi connectivity index (χ4n) is 5.36. The van der Waals surface area contributed by atoms with Gasteiger partial charge in [-0.25, -0.2) is 4.79 Å². The van der Waals surface area contributed by atoms with Crippen molar-refractivity contribution in [3.05, 3.63) is 75.9 Å². The molecule has 1 aliphatic heterocycles. The van der Waals surface area contributed by atoms with Crippen molar-refractivity contribution in [3.8, 4) is 28.2 Å². The summed E-state index contributed by atoms with van der Waals surface area (Å²) in [4.78, 5) is 61.5. The van der Waals surface area contributed by atoms with Gasteiger partial charge in [0, 0.05) is 65.9 Å². The summed E-state index contributed by atoms with van der Waals surface area (Å²) >= 11 is 0. The van der Waals surface area contributed by atoms with Gasteiger partial charge in [-0.15, -0.1) is 0 Å². The van der Waals surface area contributed by atoms with Crippen molar-refractivity contribution < 1.29 is 43.3 Å². The number of hydrogen-bond acceptors (Lipinski definition) is 9. The van der Waals surface area contributed by atoms with Gasteiger partial charge >= 0.3 is 5.97 Å². The number of aromatic hydroxyl groups is 1. The van der Waals surface area contributed by atoms with Crippen molar-refractivity contribution in [1.82, 2.24) is 16.0 Å². The van der Waals surface area contributed by atoms with Gasteiger partial charge in [-0.1, -0.05) is 27.7 Å². The minimum atomic E-state index is -1.20. The number of phenols is 1. The van der Waals surface area contributed by atoms with Crippen LogP contribution in [0.2, 0.25) is 0 Å². The molecular formula is C38H45N3O10. The molecule has 0 saturated heterocycles. The number of fused-ring (bicyclic) bond motifs is 2. The van der Waals surface area contributed by atoms with Crippen molar-refractivity contribution >= 4 is 34.7 Å². The van der Waals surface area contributed by atoms with Crippen LogP contribution in [0.15, 0.2) is 63.8 Å². The molecule has 3 amide bonds. The molecule has 4 rings (SSSR count). The predicted molar refractivity (Wildman–Crippen MR) is 191 cm³/mol. The van der Waals surface area contributed by atoms with Gasteiger partial charge in [-0.3, -0.25) is 19.2 Å². The molecule has 0 atom stereocenters. The third-order valence-corrected chi connectivity index (χ3v) is 8.21. The second-order valence-corrected chi connectivity index (χ2v) is 13.9. The Labute approximate surface area is 295 Å². The van der Waals surface area contributed by atoms with Gasteiger partial charge in [0.1, 0.15) is 30.3 Å². The molecule has 51 heavy (non-hydrogen) atoms. The first-order chi connectivity index (χ1) is 24.1. The highest BCUT2D eigenvalue weighted by Crippen LogP contribution is 2.42. The van der Waals surface area contributed by atoms with E-state index in [1.165, 1.54) is 42.5 Å². The molecule has 0 spiro atoms. The number of rotatable bonds is 17. The van der Waals surface area contributed by atoms with Gasteiger partial charge in [-0.05, 0) is 66.8 Å². The number of carbonyl (C=O) groups is 4. The van der Waals surface area contributed by atoms with Crippen molar-refractivity contribution in [2.45, 2.75) is 41.0 Å². The molecule has 0 aromatic heterocycles. The lowest BCUT2D eigenvalue weighted by atomic mass is 9.89. The van der Waals surface area contributed by atoms with Crippen LogP contribution < -0.4 is 21.4 Å². The zero-order valence-corrected chi connectivity index (χ0v) is 29.5. The van der Waals surface area contributed by atoms with Crippen LogP contribution in [0.1, 0.15) is 61.8 Å². The summed E-state index contributed by atoms with van der Waals surface area (Å²) in [6.45, 7) is 11.2. The van der Waals surface area contributed by atoms with E-state index < -0.39 is 17.3 Å². The Morgan fingerprint density at radius 1 is 0.804 bits per heavy atom. The number of phenolic OH excluding ortho intramolecular Hbond substituents is 1. The standard InChI is InChI=1S/C38H45N3O10/c1-6-39-32(44)18-50-19-33(45)40-20-37(2,3)13-14-49-22-38(4,5)21-41-35(46)23-7-10-26(36(47)48)29(15-23)34-27-11-8-24(42)16-30(27)51-31-17-25(43)9-12-28(31)34/h7-12,15-17,42H,6,13-14,18-22H2,1-5H3,(H,39,44)(H,40,45)(H,41,46)(H,47,48). The van der Waals surface area contributed by atoms with Crippen LogP contribution in [0, 0.1) is 10.8 Å². The number of likely N-dealkylation sites (N-methyl/N-ethyl adjacent to an activating group) is 1. The first-order valence-electron chi connectivity index (χ1n) is 16.6. The minimum absolute atomic E-state index is 0.0550. The average Bonchev–Trinajstić information content (AvgIpc) is 3.07. The molecule has 0 fully saturated rings. The predicted octanol–water partition coefficient (Wildman–Crippen LogP) is 4.43. The van der Waals surface area contributed by atoms with Gasteiger partial charge in [0.05, 0.1) is 12.2 Å².